The number of aromatic nitrogens is 3. The maximum atomic E-state index is 4.75. The van der Waals surface area contributed by atoms with E-state index in [1.807, 2.05) is 24.7 Å². The predicted molar refractivity (Wildman–Crippen MR) is 103 cm³/mol. The Morgan fingerprint density at radius 2 is 1.28 bits per heavy atom. The standard InChI is InChI=1S/C22H13N3/c1-3-8-16-14(6-1)15-7-2-4-9-17(15)20-19(16)21-18(10-5-11-23-21)25-13-12-24-22(20)25/h1-13H. The van der Waals surface area contributed by atoms with Gasteiger partial charge in [0.1, 0.15) is 5.65 Å². The lowest BCUT2D eigenvalue weighted by Crippen LogP contribution is -1.94. The van der Waals surface area contributed by atoms with E-state index >= 15 is 0 Å². The van der Waals surface area contributed by atoms with Crippen molar-refractivity contribution >= 4 is 49.0 Å². The van der Waals surface area contributed by atoms with Crippen LogP contribution in [0.2, 0.25) is 0 Å². The van der Waals surface area contributed by atoms with E-state index in [2.05, 4.69) is 64.0 Å². The Morgan fingerprint density at radius 3 is 2.04 bits per heavy atom. The van der Waals surface area contributed by atoms with Gasteiger partial charge in [-0.15, -0.1) is 0 Å². The van der Waals surface area contributed by atoms with Gasteiger partial charge in [0.2, 0.25) is 0 Å². The summed E-state index contributed by atoms with van der Waals surface area (Å²) in [5.74, 6) is 0. The summed E-state index contributed by atoms with van der Waals surface area (Å²) in [6.45, 7) is 0. The van der Waals surface area contributed by atoms with Crippen molar-refractivity contribution in [3.63, 3.8) is 0 Å². The number of fused-ring (bicyclic) bond motifs is 11. The normalized spacial score (nSPS) is 12.0. The molecule has 3 heteroatoms. The van der Waals surface area contributed by atoms with Crippen LogP contribution in [0.4, 0.5) is 0 Å². The summed E-state index contributed by atoms with van der Waals surface area (Å²) in [7, 11) is 0. The van der Waals surface area contributed by atoms with Crippen molar-refractivity contribution in [1.82, 2.24) is 14.4 Å². The van der Waals surface area contributed by atoms with Crippen molar-refractivity contribution in [2.24, 2.45) is 0 Å². The first kappa shape index (κ1) is 12.9. The Hall–Kier alpha value is -3.46. The highest BCUT2D eigenvalue weighted by Crippen LogP contribution is 2.39. The van der Waals surface area contributed by atoms with Gasteiger partial charge >= 0.3 is 0 Å². The monoisotopic (exact) mass is 319 g/mol. The molecule has 0 unspecified atom stereocenters. The van der Waals surface area contributed by atoms with Crippen molar-refractivity contribution in [3.05, 3.63) is 79.3 Å². The minimum Gasteiger partial charge on any atom is -0.298 e. The van der Waals surface area contributed by atoms with Crippen molar-refractivity contribution in [1.29, 1.82) is 0 Å². The maximum Gasteiger partial charge on any atom is 0.145 e. The van der Waals surface area contributed by atoms with Crippen molar-refractivity contribution in [2.75, 3.05) is 0 Å². The smallest absolute Gasteiger partial charge is 0.145 e. The fourth-order valence-electron chi connectivity index (χ4n) is 4.09. The van der Waals surface area contributed by atoms with Gasteiger partial charge in [0.05, 0.1) is 11.0 Å². The van der Waals surface area contributed by atoms with E-state index in [1.54, 1.807) is 0 Å². The van der Waals surface area contributed by atoms with E-state index in [0.29, 0.717) is 0 Å². The first-order valence-corrected chi connectivity index (χ1v) is 8.36. The summed E-state index contributed by atoms with van der Waals surface area (Å²) in [6.07, 6.45) is 5.75. The molecule has 0 aliphatic rings. The first-order chi connectivity index (χ1) is 12.4. The van der Waals surface area contributed by atoms with Crippen molar-refractivity contribution < 1.29 is 0 Å². The second kappa shape index (κ2) is 4.54. The fraction of sp³-hybridized carbons (Fsp3) is 0. The molecular weight excluding hydrogens is 306 g/mol. The number of rotatable bonds is 0. The Kier molecular flexibility index (Phi) is 2.35. The summed E-state index contributed by atoms with van der Waals surface area (Å²) in [5.41, 5.74) is 3.09. The zero-order chi connectivity index (χ0) is 16.4. The molecule has 3 heterocycles. The van der Waals surface area contributed by atoms with Gasteiger partial charge < -0.3 is 0 Å². The summed E-state index contributed by atoms with van der Waals surface area (Å²) >= 11 is 0. The lowest BCUT2D eigenvalue weighted by Gasteiger charge is -2.13. The van der Waals surface area contributed by atoms with Gasteiger partial charge in [-0.25, -0.2) is 4.98 Å². The molecular formula is C22H13N3. The minimum atomic E-state index is 0.984. The van der Waals surface area contributed by atoms with Gasteiger partial charge in [0.15, 0.2) is 0 Å². The molecule has 0 saturated carbocycles. The highest BCUT2D eigenvalue weighted by atomic mass is 15.0. The van der Waals surface area contributed by atoms with Crippen LogP contribution in [-0.4, -0.2) is 14.4 Å². The van der Waals surface area contributed by atoms with Crippen LogP contribution in [0.25, 0.3) is 49.0 Å². The van der Waals surface area contributed by atoms with Crippen LogP contribution >= 0.6 is 0 Å². The van der Waals surface area contributed by atoms with Gasteiger partial charge in [-0.05, 0) is 33.7 Å². The van der Waals surface area contributed by atoms with Crippen LogP contribution in [0, 0.1) is 0 Å². The molecule has 3 aromatic heterocycles. The summed E-state index contributed by atoms with van der Waals surface area (Å²) in [5, 5.41) is 7.32. The van der Waals surface area contributed by atoms with E-state index in [0.717, 1.165) is 16.7 Å². The average Bonchev–Trinajstić information content (AvgIpc) is 3.17. The molecule has 116 valence electrons. The highest BCUT2D eigenvalue weighted by molar-refractivity contribution is 6.33. The average molecular weight is 319 g/mol. The largest absolute Gasteiger partial charge is 0.298 e. The third-order valence-electron chi connectivity index (χ3n) is 5.08. The number of pyridine rings is 2. The van der Waals surface area contributed by atoms with E-state index in [-0.39, 0.29) is 0 Å². The summed E-state index contributed by atoms with van der Waals surface area (Å²) in [4.78, 5) is 9.44. The molecule has 0 spiro atoms. The van der Waals surface area contributed by atoms with Gasteiger partial charge in [-0.2, -0.15) is 0 Å². The molecule has 3 aromatic carbocycles. The molecule has 0 aliphatic heterocycles. The third kappa shape index (κ3) is 1.55. The molecule has 0 aliphatic carbocycles. The van der Waals surface area contributed by atoms with E-state index in [9.17, 15) is 0 Å². The topological polar surface area (TPSA) is 30.2 Å². The minimum absolute atomic E-state index is 0.984. The van der Waals surface area contributed by atoms with E-state index < -0.39 is 0 Å². The molecule has 6 rings (SSSR count). The van der Waals surface area contributed by atoms with E-state index in [4.69, 9.17) is 4.98 Å². The van der Waals surface area contributed by atoms with Crippen LogP contribution in [-0.2, 0) is 0 Å². The molecule has 0 bridgehead atoms. The highest BCUT2D eigenvalue weighted by Gasteiger charge is 2.16. The molecule has 0 fully saturated rings. The number of imidazole rings is 1. The van der Waals surface area contributed by atoms with Crippen LogP contribution in [0.3, 0.4) is 0 Å². The Bertz CT molecular complexity index is 1440. The number of hydrogen-bond acceptors (Lipinski definition) is 2. The van der Waals surface area contributed by atoms with Crippen LogP contribution in [0.5, 0.6) is 0 Å². The zero-order valence-electron chi connectivity index (χ0n) is 13.3. The quantitative estimate of drug-likeness (QED) is 0.354. The number of nitrogens with zero attached hydrogens (tertiary/aromatic N) is 3. The van der Waals surface area contributed by atoms with Gasteiger partial charge in [0.25, 0.3) is 0 Å². The molecule has 6 aromatic rings. The van der Waals surface area contributed by atoms with Crippen molar-refractivity contribution in [3.8, 4) is 0 Å². The second-order valence-electron chi connectivity index (χ2n) is 6.33. The third-order valence-corrected chi connectivity index (χ3v) is 5.08. The second-order valence-corrected chi connectivity index (χ2v) is 6.33. The summed E-state index contributed by atoms with van der Waals surface area (Å²) < 4.78 is 2.14. The lowest BCUT2D eigenvalue weighted by molar-refractivity contribution is 1.25. The zero-order valence-corrected chi connectivity index (χ0v) is 13.3. The number of benzene rings is 3. The van der Waals surface area contributed by atoms with Crippen LogP contribution < -0.4 is 0 Å². The van der Waals surface area contributed by atoms with Crippen molar-refractivity contribution in [2.45, 2.75) is 0 Å². The molecule has 0 saturated heterocycles. The predicted octanol–water partition coefficient (Wildman–Crippen LogP) is 5.34. The lowest BCUT2D eigenvalue weighted by atomic mass is 9.94. The molecule has 0 radical (unpaired) electrons. The Labute approximate surface area is 143 Å². The van der Waals surface area contributed by atoms with Gasteiger partial charge in [-0.3, -0.25) is 9.38 Å². The van der Waals surface area contributed by atoms with Crippen LogP contribution in [0.15, 0.2) is 79.3 Å². The molecule has 0 amide bonds. The molecule has 0 atom stereocenters. The molecule has 0 N–H and O–H groups in total. The maximum absolute atomic E-state index is 4.75. The van der Waals surface area contributed by atoms with Crippen LogP contribution in [0.1, 0.15) is 0 Å². The fourth-order valence-corrected chi connectivity index (χ4v) is 4.09. The molecule has 3 nitrogen and oxygen atoms in total. The SMILES string of the molecule is c1ccc2c(c1)c1ccccc1c1c2c2ncccc2n2ccnc12. The summed E-state index contributed by atoms with van der Waals surface area (Å²) in [6, 6.07) is 21.3. The van der Waals surface area contributed by atoms with Gasteiger partial charge in [0, 0.05) is 29.4 Å². The van der Waals surface area contributed by atoms with Gasteiger partial charge in [-0.1, -0.05) is 48.5 Å². The Balaban J connectivity index is 2.15. The van der Waals surface area contributed by atoms with E-state index in [1.165, 1.54) is 32.3 Å². The molecule has 25 heavy (non-hydrogen) atoms. The Morgan fingerprint density at radius 1 is 0.600 bits per heavy atom. The first-order valence-electron chi connectivity index (χ1n) is 8.36. The number of hydrogen-bond donors (Lipinski definition) is 0.